The van der Waals surface area contributed by atoms with E-state index in [4.69, 9.17) is 4.74 Å². The first-order chi connectivity index (χ1) is 10.2. The summed E-state index contributed by atoms with van der Waals surface area (Å²) in [6.45, 7) is 0.552. The van der Waals surface area contributed by atoms with Crippen molar-refractivity contribution >= 4 is 33.2 Å². The molecule has 0 bridgehead atoms. The number of nitrogens with one attached hydrogen (secondary N) is 2. The van der Waals surface area contributed by atoms with E-state index in [1.807, 2.05) is 42.5 Å². The zero-order valence-electron chi connectivity index (χ0n) is 11.5. The summed E-state index contributed by atoms with van der Waals surface area (Å²) in [5.74, 6) is -0.0414. The number of fused-ring (bicyclic) bond motifs is 1. The van der Waals surface area contributed by atoms with Crippen LogP contribution in [0.3, 0.4) is 0 Å². The maximum Gasteiger partial charge on any atom is 0.251 e. The number of carbonyl (C=O) groups excluding carboxylic acids is 1. The number of rotatable bonds is 4. The van der Waals surface area contributed by atoms with E-state index >= 15 is 0 Å². The van der Waals surface area contributed by atoms with Gasteiger partial charge in [0.2, 0.25) is 0 Å². The molecule has 0 radical (unpaired) electrons. The summed E-state index contributed by atoms with van der Waals surface area (Å²) >= 11 is 3.41. The molecule has 4 nitrogen and oxygen atoms in total. The highest BCUT2D eigenvalue weighted by Gasteiger charge is 2.30. The zero-order valence-corrected chi connectivity index (χ0v) is 13.1. The van der Waals surface area contributed by atoms with Crippen LogP contribution in [-0.2, 0) is 16.1 Å². The third kappa shape index (κ3) is 2.94. The molecular formula is C16H15BrN2O2. The standard InChI is InChI=1S/C16H15BrN2O2/c1-21-9-10-3-2-4-12(7-10)18-15-13-6-5-11(17)8-14(13)19-16(15)20/h2-8,15,18H,9H2,1H3,(H,19,20). The Morgan fingerprint density at radius 2 is 2.14 bits per heavy atom. The average molecular weight is 347 g/mol. The number of hydrogen-bond acceptors (Lipinski definition) is 3. The Balaban J connectivity index is 1.85. The highest BCUT2D eigenvalue weighted by molar-refractivity contribution is 9.10. The second kappa shape index (κ2) is 5.87. The van der Waals surface area contributed by atoms with E-state index in [-0.39, 0.29) is 11.9 Å². The van der Waals surface area contributed by atoms with Gasteiger partial charge in [-0.25, -0.2) is 0 Å². The second-order valence-corrected chi connectivity index (χ2v) is 5.85. The average Bonchev–Trinajstić information content (AvgIpc) is 2.75. The zero-order chi connectivity index (χ0) is 14.8. The maximum atomic E-state index is 12.1. The van der Waals surface area contributed by atoms with Gasteiger partial charge in [-0.05, 0) is 29.8 Å². The van der Waals surface area contributed by atoms with Gasteiger partial charge >= 0.3 is 0 Å². The van der Waals surface area contributed by atoms with Gasteiger partial charge in [0, 0.05) is 28.5 Å². The van der Waals surface area contributed by atoms with Crippen molar-refractivity contribution in [1.82, 2.24) is 0 Å². The minimum atomic E-state index is -0.370. The summed E-state index contributed by atoms with van der Waals surface area (Å²) < 4.78 is 6.08. The van der Waals surface area contributed by atoms with Crippen LogP contribution in [0.1, 0.15) is 17.2 Å². The second-order valence-electron chi connectivity index (χ2n) is 4.93. The van der Waals surface area contributed by atoms with Crippen LogP contribution >= 0.6 is 15.9 Å². The van der Waals surface area contributed by atoms with Crippen LogP contribution in [0.4, 0.5) is 11.4 Å². The number of benzene rings is 2. The topological polar surface area (TPSA) is 50.4 Å². The van der Waals surface area contributed by atoms with Crippen molar-refractivity contribution < 1.29 is 9.53 Å². The molecule has 1 aliphatic heterocycles. The van der Waals surface area contributed by atoms with Crippen LogP contribution in [0, 0.1) is 0 Å². The largest absolute Gasteiger partial charge is 0.380 e. The fourth-order valence-corrected chi connectivity index (χ4v) is 2.82. The lowest BCUT2D eigenvalue weighted by atomic mass is 10.1. The Morgan fingerprint density at radius 3 is 2.95 bits per heavy atom. The van der Waals surface area contributed by atoms with Crippen LogP contribution in [0.5, 0.6) is 0 Å². The number of ether oxygens (including phenoxy) is 1. The van der Waals surface area contributed by atoms with Crippen molar-refractivity contribution in [3.8, 4) is 0 Å². The Kier molecular flexibility index (Phi) is 3.94. The third-order valence-corrected chi connectivity index (χ3v) is 3.89. The van der Waals surface area contributed by atoms with E-state index in [0.717, 1.165) is 27.0 Å². The molecule has 1 heterocycles. The molecule has 1 amide bonds. The molecule has 2 aromatic carbocycles. The number of amides is 1. The lowest BCUT2D eigenvalue weighted by Gasteiger charge is -2.14. The third-order valence-electron chi connectivity index (χ3n) is 3.40. The molecule has 1 atom stereocenters. The highest BCUT2D eigenvalue weighted by atomic mass is 79.9. The van der Waals surface area contributed by atoms with E-state index in [2.05, 4.69) is 26.6 Å². The first-order valence-corrected chi connectivity index (χ1v) is 7.41. The van der Waals surface area contributed by atoms with Crippen molar-refractivity contribution in [2.24, 2.45) is 0 Å². The van der Waals surface area contributed by atoms with Crippen LogP contribution in [0.2, 0.25) is 0 Å². The van der Waals surface area contributed by atoms with Crippen LogP contribution in [-0.4, -0.2) is 13.0 Å². The predicted octanol–water partition coefficient (Wildman–Crippen LogP) is 3.70. The van der Waals surface area contributed by atoms with Crippen LogP contribution in [0.25, 0.3) is 0 Å². The number of hydrogen-bond donors (Lipinski definition) is 2. The molecule has 2 N–H and O–H groups in total. The monoisotopic (exact) mass is 346 g/mol. The Hall–Kier alpha value is -1.85. The normalized spacial score (nSPS) is 16.5. The van der Waals surface area contributed by atoms with Gasteiger partial charge in [0.05, 0.1) is 6.61 Å². The lowest BCUT2D eigenvalue weighted by Crippen LogP contribution is -2.19. The quantitative estimate of drug-likeness (QED) is 0.887. The van der Waals surface area contributed by atoms with E-state index in [0.29, 0.717) is 6.61 Å². The molecule has 0 fully saturated rings. The summed E-state index contributed by atoms with van der Waals surface area (Å²) in [5, 5.41) is 6.17. The van der Waals surface area contributed by atoms with Gasteiger partial charge in [0.1, 0.15) is 6.04 Å². The molecule has 0 aliphatic carbocycles. The minimum absolute atomic E-state index is 0.0414. The Bertz CT molecular complexity index is 688. The molecule has 1 unspecified atom stereocenters. The summed E-state index contributed by atoms with van der Waals surface area (Å²) in [4.78, 5) is 12.1. The van der Waals surface area contributed by atoms with Crippen molar-refractivity contribution in [3.05, 3.63) is 58.1 Å². The van der Waals surface area contributed by atoms with Crippen LogP contribution in [0.15, 0.2) is 46.9 Å². The smallest absolute Gasteiger partial charge is 0.251 e. The Morgan fingerprint density at radius 1 is 1.29 bits per heavy atom. The fraction of sp³-hybridized carbons (Fsp3) is 0.188. The van der Waals surface area contributed by atoms with Gasteiger partial charge in [0.15, 0.2) is 0 Å². The van der Waals surface area contributed by atoms with E-state index in [1.165, 1.54) is 0 Å². The summed E-state index contributed by atoms with van der Waals surface area (Å²) in [6, 6.07) is 13.3. The van der Waals surface area contributed by atoms with Gasteiger partial charge < -0.3 is 15.4 Å². The first kappa shape index (κ1) is 14.1. The van der Waals surface area contributed by atoms with E-state index < -0.39 is 0 Å². The van der Waals surface area contributed by atoms with E-state index in [9.17, 15) is 4.79 Å². The molecule has 0 saturated heterocycles. The molecule has 5 heteroatoms. The summed E-state index contributed by atoms with van der Waals surface area (Å²) in [5.41, 5.74) is 3.78. The molecule has 0 aromatic heterocycles. The molecular weight excluding hydrogens is 332 g/mol. The lowest BCUT2D eigenvalue weighted by molar-refractivity contribution is -0.116. The van der Waals surface area contributed by atoms with Crippen LogP contribution < -0.4 is 10.6 Å². The highest BCUT2D eigenvalue weighted by Crippen LogP contribution is 2.35. The Labute approximate surface area is 131 Å². The molecule has 21 heavy (non-hydrogen) atoms. The fourth-order valence-electron chi connectivity index (χ4n) is 2.46. The molecule has 1 aliphatic rings. The van der Waals surface area contributed by atoms with Crippen molar-refractivity contribution in [2.45, 2.75) is 12.6 Å². The molecule has 2 aromatic rings. The van der Waals surface area contributed by atoms with Crippen molar-refractivity contribution in [3.63, 3.8) is 0 Å². The van der Waals surface area contributed by atoms with Gasteiger partial charge in [0.25, 0.3) is 5.91 Å². The molecule has 3 rings (SSSR count). The maximum absolute atomic E-state index is 12.1. The van der Waals surface area contributed by atoms with Crippen molar-refractivity contribution in [2.75, 3.05) is 17.7 Å². The number of anilines is 2. The SMILES string of the molecule is COCc1cccc(NC2C(=O)Nc3cc(Br)ccc32)c1. The number of halogens is 1. The van der Waals surface area contributed by atoms with Gasteiger partial charge in [-0.15, -0.1) is 0 Å². The first-order valence-electron chi connectivity index (χ1n) is 6.62. The molecule has 0 spiro atoms. The molecule has 108 valence electrons. The summed E-state index contributed by atoms with van der Waals surface area (Å²) in [6.07, 6.45) is 0. The van der Waals surface area contributed by atoms with E-state index in [1.54, 1.807) is 7.11 Å². The van der Waals surface area contributed by atoms with Gasteiger partial charge in [-0.2, -0.15) is 0 Å². The summed E-state index contributed by atoms with van der Waals surface area (Å²) in [7, 11) is 1.67. The minimum Gasteiger partial charge on any atom is -0.380 e. The predicted molar refractivity (Wildman–Crippen MR) is 86.3 cm³/mol. The molecule has 0 saturated carbocycles. The number of carbonyl (C=O) groups is 1. The van der Waals surface area contributed by atoms with Gasteiger partial charge in [-0.1, -0.05) is 34.1 Å². The van der Waals surface area contributed by atoms with Gasteiger partial charge in [-0.3, -0.25) is 4.79 Å². The van der Waals surface area contributed by atoms with Crippen molar-refractivity contribution in [1.29, 1.82) is 0 Å². The number of methoxy groups -OCH3 is 1.